The van der Waals surface area contributed by atoms with E-state index in [0.29, 0.717) is 37.2 Å². The summed E-state index contributed by atoms with van der Waals surface area (Å²) in [6.45, 7) is 0.699. The molecule has 1 fully saturated rings. The van der Waals surface area contributed by atoms with Crippen LogP contribution in [0.1, 0.15) is 23.2 Å². The summed E-state index contributed by atoms with van der Waals surface area (Å²) in [5, 5.41) is 23.7. The van der Waals surface area contributed by atoms with E-state index in [4.69, 9.17) is 5.11 Å². The molecule has 11 nitrogen and oxygen atoms in total. The molecule has 1 aromatic carbocycles. The highest BCUT2D eigenvalue weighted by atomic mass is 16.6. The normalized spacial score (nSPS) is 14.3. The van der Waals surface area contributed by atoms with Crippen molar-refractivity contribution in [2.45, 2.75) is 12.8 Å². The first-order chi connectivity index (χ1) is 13.9. The van der Waals surface area contributed by atoms with Gasteiger partial charge >= 0.3 is 17.6 Å². The van der Waals surface area contributed by atoms with Gasteiger partial charge < -0.3 is 20.1 Å². The highest BCUT2D eigenvalue weighted by Crippen LogP contribution is 2.35. The molecule has 29 heavy (non-hydrogen) atoms. The van der Waals surface area contributed by atoms with Crippen molar-refractivity contribution < 1.29 is 24.4 Å². The molecule has 3 rings (SSSR count). The van der Waals surface area contributed by atoms with Crippen molar-refractivity contribution >= 4 is 34.9 Å². The van der Waals surface area contributed by atoms with E-state index >= 15 is 0 Å². The summed E-state index contributed by atoms with van der Waals surface area (Å²) in [5.41, 5.74) is 0.547. The molecule has 1 aromatic heterocycles. The number of benzene rings is 1. The molecule has 1 saturated heterocycles. The summed E-state index contributed by atoms with van der Waals surface area (Å²) >= 11 is 0. The lowest BCUT2D eigenvalue weighted by molar-refractivity contribution is -0.383. The number of nitrogens with one attached hydrogen (secondary N) is 1. The van der Waals surface area contributed by atoms with Gasteiger partial charge in [0.25, 0.3) is 0 Å². The number of anilines is 3. The largest absolute Gasteiger partial charge is 0.481 e. The van der Waals surface area contributed by atoms with Gasteiger partial charge in [-0.2, -0.15) is 0 Å². The Bertz CT molecular complexity index is 925. The molecule has 0 atom stereocenters. The molecule has 0 amide bonds. The number of carbonyl (C=O) groups excluding carboxylic acids is 1. The highest BCUT2D eigenvalue weighted by molar-refractivity contribution is 5.90. The number of carboxylic acid groups (broad SMARTS) is 1. The molecule has 0 aliphatic carbocycles. The van der Waals surface area contributed by atoms with Crippen LogP contribution < -0.4 is 10.2 Å². The number of methoxy groups -OCH3 is 1. The van der Waals surface area contributed by atoms with Gasteiger partial charge in [0.15, 0.2) is 0 Å². The van der Waals surface area contributed by atoms with Gasteiger partial charge in [0.2, 0.25) is 11.6 Å². The monoisotopic (exact) mass is 401 g/mol. The molecule has 0 spiro atoms. The van der Waals surface area contributed by atoms with Crippen LogP contribution in [0.3, 0.4) is 0 Å². The molecular weight excluding hydrogens is 382 g/mol. The number of rotatable bonds is 6. The van der Waals surface area contributed by atoms with Crippen LogP contribution in [0.5, 0.6) is 0 Å². The Hall–Kier alpha value is -3.76. The molecular formula is C18H19N5O6. The number of esters is 1. The topological polar surface area (TPSA) is 148 Å². The molecule has 2 aromatic rings. The zero-order valence-electron chi connectivity index (χ0n) is 15.6. The molecule has 11 heteroatoms. The van der Waals surface area contributed by atoms with Crippen LogP contribution in [-0.2, 0) is 9.53 Å². The number of aromatic nitrogens is 2. The average Bonchev–Trinajstić information content (AvgIpc) is 2.73. The fraction of sp³-hybridized carbons (Fsp3) is 0.333. The van der Waals surface area contributed by atoms with E-state index in [9.17, 15) is 19.7 Å². The Labute approximate surface area is 165 Å². The smallest absolute Gasteiger partial charge is 0.353 e. The number of carbonyl (C=O) groups is 2. The van der Waals surface area contributed by atoms with Gasteiger partial charge in [0, 0.05) is 18.8 Å². The van der Waals surface area contributed by atoms with Crippen molar-refractivity contribution in [3.05, 3.63) is 46.3 Å². The molecule has 1 aliphatic rings. The van der Waals surface area contributed by atoms with Crippen LogP contribution >= 0.6 is 0 Å². The third-order valence-electron chi connectivity index (χ3n) is 4.70. The molecule has 152 valence electrons. The number of ether oxygens (including phenoxy) is 1. The lowest BCUT2D eigenvalue weighted by Crippen LogP contribution is -2.37. The summed E-state index contributed by atoms with van der Waals surface area (Å²) in [7, 11) is 1.28. The number of nitro groups is 1. The summed E-state index contributed by atoms with van der Waals surface area (Å²) in [6, 6.07) is 6.21. The van der Waals surface area contributed by atoms with Crippen molar-refractivity contribution in [2.24, 2.45) is 5.92 Å². The maximum atomic E-state index is 11.7. The van der Waals surface area contributed by atoms with E-state index in [-0.39, 0.29) is 17.3 Å². The van der Waals surface area contributed by atoms with E-state index in [0.717, 1.165) is 0 Å². The van der Waals surface area contributed by atoms with Gasteiger partial charge in [-0.25, -0.2) is 14.8 Å². The Morgan fingerprint density at radius 1 is 1.24 bits per heavy atom. The minimum atomic E-state index is -0.861. The second kappa shape index (κ2) is 8.50. The quantitative estimate of drug-likeness (QED) is 0.419. The fourth-order valence-corrected chi connectivity index (χ4v) is 3.14. The second-order valence-electron chi connectivity index (χ2n) is 6.45. The summed E-state index contributed by atoms with van der Waals surface area (Å²) in [4.78, 5) is 43.6. The van der Waals surface area contributed by atoms with Gasteiger partial charge in [-0.1, -0.05) is 0 Å². The van der Waals surface area contributed by atoms with Crippen LogP contribution in [0.4, 0.5) is 23.0 Å². The second-order valence-corrected chi connectivity index (χ2v) is 6.45. The van der Waals surface area contributed by atoms with Crippen molar-refractivity contribution in [1.29, 1.82) is 0 Å². The first kappa shape index (κ1) is 20.0. The maximum absolute atomic E-state index is 11.7. The van der Waals surface area contributed by atoms with Crippen LogP contribution in [0, 0.1) is 16.0 Å². The Morgan fingerprint density at radius 2 is 1.90 bits per heavy atom. The minimum absolute atomic E-state index is 0.00572. The maximum Gasteiger partial charge on any atom is 0.353 e. The number of hydrogen-bond acceptors (Lipinski definition) is 9. The fourth-order valence-electron chi connectivity index (χ4n) is 3.14. The number of piperidine rings is 1. The lowest BCUT2D eigenvalue weighted by Gasteiger charge is -2.30. The predicted molar refractivity (Wildman–Crippen MR) is 102 cm³/mol. The number of carboxylic acids is 1. The van der Waals surface area contributed by atoms with Crippen molar-refractivity contribution in [1.82, 2.24) is 9.97 Å². The predicted octanol–water partition coefficient (Wildman–Crippen LogP) is 2.22. The van der Waals surface area contributed by atoms with E-state index in [1.165, 1.54) is 25.6 Å². The first-order valence-electron chi connectivity index (χ1n) is 8.83. The van der Waals surface area contributed by atoms with E-state index < -0.39 is 22.8 Å². The zero-order chi connectivity index (χ0) is 21.0. The summed E-state index contributed by atoms with van der Waals surface area (Å²) < 4.78 is 4.64. The number of hydrogen-bond donors (Lipinski definition) is 2. The molecule has 2 heterocycles. The Balaban J connectivity index is 1.85. The van der Waals surface area contributed by atoms with E-state index in [2.05, 4.69) is 20.0 Å². The summed E-state index contributed by atoms with van der Waals surface area (Å²) in [5.74, 6) is -1.66. The highest BCUT2D eigenvalue weighted by Gasteiger charge is 2.31. The molecule has 0 radical (unpaired) electrons. The van der Waals surface area contributed by atoms with Crippen LogP contribution in [0.2, 0.25) is 0 Å². The van der Waals surface area contributed by atoms with Crippen molar-refractivity contribution in [3.63, 3.8) is 0 Å². The van der Waals surface area contributed by atoms with Crippen molar-refractivity contribution in [2.75, 3.05) is 30.4 Å². The molecule has 1 aliphatic heterocycles. The van der Waals surface area contributed by atoms with Gasteiger partial charge in [-0.3, -0.25) is 14.9 Å². The van der Waals surface area contributed by atoms with Crippen LogP contribution in [-0.4, -0.2) is 52.1 Å². The molecule has 0 bridgehead atoms. The number of aliphatic carboxylic acids is 1. The molecule has 0 unspecified atom stereocenters. The van der Waals surface area contributed by atoms with Crippen molar-refractivity contribution in [3.8, 4) is 0 Å². The molecule has 2 N–H and O–H groups in total. The van der Waals surface area contributed by atoms with E-state index in [1.54, 1.807) is 17.0 Å². The van der Waals surface area contributed by atoms with Crippen LogP contribution in [0.15, 0.2) is 30.6 Å². The van der Waals surface area contributed by atoms with Gasteiger partial charge in [0.1, 0.15) is 6.33 Å². The first-order valence-corrected chi connectivity index (χ1v) is 8.83. The SMILES string of the molecule is COC(=O)c1ccc(Nc2ncnc(N3CCC(C(=O)O)CC3)c2[N+](=O)[O-])cc1. The third kappa shape index (κ3) is 4.39. The Kier molecular flexibility index (Phi) is 5.86. The molecule has 0 saturated carbocycles. The third-order valence-corrected chi connectivity index (χ3v) is 4.70. The van der Waals surface area contributed by atoms with Crippen LogP contribution in [0.25, 0.3) is 0 Å². The summed E-state index contributed by atoms with van der Waals surface area (Å²) in [6.07, 6.45) is 1.99. The van der Waals surface area contributed by atoms with E-state index in [1.807, 2.05) is 0 Å². The van der Waals surface area contributed by atoms with Gasteiger partial charge in [-0.15, -0.1) is 0 Å². The lowest BCUT2D eigenvalue weighted by atomic mass is 9.97. The Morgan fingerprint density at radius 3 is 2.45 bits per heavy atom. The minimum Gasteiger partial charge on any atom is -0.481 e. The van der Waals surface area contributed by atoms with Gasteiger partial charge in [-0.05, 0) is 37.1 Å². The van der Waals surface area contributed by atoms with Gasteiger partial charge in [0.05, 0.1) is 23.5 Å². The standard InChI is InChI=1S/C18H19N5O6/c1-29-18(26)12-2-4-13(5-3-12)21-15-14(23(27)28)16(20-10-19-15)22-8-6-11(7-9-22)17(24)25/h2-5,10-11H,6-9H2,1H3,(H,24,25)(H,19,20,21). The number of nitrogens with zero attached hydrogens (tertiary/aromatic N) is 4. The zero-order valence-corrected chi connectivity index (χ0v) is 15.6. The average molecular weight is 401 g/mol.